The van der Waals surface area contributed by atoms with E-state index >= 15 is 0 Å². The molecular formula is C25H18N4O4. The monoisotopic (exact) mass is 438 g/mol. The molecule has 0 saturated heterocycles. The molecule has 2 heterocycles. The number of para-hydroxylation sites is 1. The SMILES string of the molecule is CC(=O)N1N=C(c2cccc([N+](=O)[O-])c2)O[C@@H]1c1cc(-c2ccccc2)nc2ccccc12. The Labute approximate surface area is 188 Å². The van der Waals surface area contributed by atoms with E-state index in [0.717, 1.165) is 27.7 Å². The maximum atomic E-state index is 12.5. The van der Waals surface area contributed by atoms with Gasteiger partial charge in [0.05, 0.1) is 16.1 Å². The highest BCUT2D eigenvalue weighted by Crippen LogP contribution is 2.36. The molecule has 0 spiro atoms. The van der Waals surface area contributed by atoms with Crippen molar-refractivity contribution in [3.8, 4) is 11.3 Å². The Morgan fingerprint density at radius 1 is 0.970 bits per heavy atom. The van der Waals surface area contributed by atoms with Crippen LogP contribution in [0.3, 0.4) is 0 Å². The number of ether oxygens (including phenoxy) is 1. The number of rotatable bonds is 4. The van der Waals surface area contributed by atoms with Crippen molar-refractivity contribution >= 4 is 28.4 Å². The molecule has 1 aliphatic rings. The average Bonchev–Trinajstić information content (AvgIpc) is 3.30. The van der Waals surface area contributed by atoms with Crippen LogP contribution >= 0.6 is 0 Å². The van der Waals surface area contributed by atoms with Gasteiger partial charge in [0.1, 0.15) is 0 Å². The van der Waals surface area contributed by atoms with E-state index in [0.29, 0.717) is 5.56 Å². The molecule has 0 bridgehead atoms. The normalized spacial score (nSPS) is 15.2. The first-order chi connectivity index (χ1) is 16.0. The second-order valence-corrected chi connectivity index (χ2v) is 7.53. The summed E-state index contributed by atoms with van der Waals surface area (Å²) in [6, 6.07) is 25.2. The van der Waals surface area contributed by atoms with Crippen molar-refractivity contribution in [1.29, 1.82) is 0 Å². The molecule has 5 rings (SSSR count). The molecule has 0 saturated carbocycles. The fourth-order valence-electron chi connectivity index (χ4n) is 3.80. The smallest absolute Gasteiger partial charge is 0.270 e. The summed E-state index contributed by atoms with van der Waals surface area (Å²) in [4.78, 5) is 28.0. The number of carbonyl (C=O) groups excluding carboxylic acids is 1. The summed E-state index contributed by atoms with van der Waals surface area (Å²) in [6.07, 6.45) is -0.841. The Balaban J connectivity index is 1.63. The molecular weight excluding hydrogens is 420 g/mol. The van der Waals surface area contributed by atoms with E-state index in [2.05, 4.69) is 5.10 Å². The second kappa shape index (κ2) is 8.16. The molecule has 0 unspecified atom stereocenters. The number of hydrogen-bond donors (Lipinski definition) is 0. The summed E-state index contributed by atoms with van der Waals surface area (Å²) in [5.74, 6) is -0.177. The maximum Gasteiger partial charge on any atom is 0.270 e. The van der Waals surface area contributed by atoms with E-state index in [1.54, 1.807) is 12.1 Å². The second-order valence-electron chi connectivity index (χ2n) is 7.53. The third kappa shape index (κ3) is 3.78. The third-order valence-corrected chi connectivity index (χ3v) is 5.35. The van der Waals surface area contributed by atoms with Gasteiger partial charge in [-0.2, -0.15) is 5.01 Å². The number of carbonyl (C=O) groups is 1. The van der Waals surface area contributed by atoms with Crippen LogP contribution in [0.2, 0.25) is 0 Å². The predicted molar refractivity (Wildman–Crippen MR) is 123 cm³/mol. The maximum absolute atomic E-state index is 12.5. The number of nitro benzene ring substituents is 1. The molecule has 8 nitrogen and oxygen atoms in total. The van der Waals surface area contributed by atoms with Crippen molar-refractivity contribution in [2.24, 2.45) is 5.10 Å². The number of pyridine rings is 1. The molecule has 8 heteroatoms. The molecule has 1 aliphatic heterocycles. The molecule has 1 amide bonds. The van der Waals surface area contributed by atoms with Gasteiger partial charge in [0.15, 0.2) is 0 Å². The molecule has 33 heavy (non-hydrogen) atoms. The van der Waals surface area contributed by atoms with E-state index in [1.807, 2.05) is 60.7 Å². The van der Waals surface area contributed by atoms with Crippen LogP contribution in [0.4, 0.5) is 5.69 Å². The van der Waals surface area contributed by atoms with E-state index in [-0.39, 0.29) is 17.5 Å². The highest BCUT2D eigenvalue weighted by Gasteiger charge is 2.35. The molecule has 0 N–H and O–H groups in total. The summed E-state index contributed by atoms with van der Waals surface area (Å²) >= 11 is 0. The van der Waals surface area contributed by atoms with Crippen LogP contribution in [-0.2, 0) is 9.53 Å². The minimum absolute atomic E-state index is 0.0858. The van der Waals surface area contributed by atoms with Crippen LogP contribution in [-0.4, -0.2) is 26.7 Å². The van der Waals surface area contributed by atoms with Gasteiger partial charge >= 0.3 is 0 Å². The number of fused-ring (bicyclic) bond motifs is 1. The number of nitro groups is 1. The van der Waals surface area contributed by atoms with Crippen molar-refractivity contribution in [2.45, 2.75) is 13.2 Å². The number of nitrogens with zero attached hydrogens (tertiary/aromatic N) is 4. The van der Waals surface area contributed by atoms with E-state index < -0.39 is 11.2 Å². The van der Waals surface area contributed by atoms with Crippen LogP contribution in [0.1, 0.15) is 24.3 Å². The van der Waals surface area contributed by atoms with Crippen LogP contribution in [0.5, 0.6) is 0 Å². The topological polar surface area (TPSA) is 97.9 Å². The summed E-state index contributed by atoms with van der Waals surface area (Å²) in [5, 5.41) is 17.6. The van der Waals surface area contributed by atoms with Crippen LogP contribution in [0.25, 0.3) is 22.2 Å². The Hall–Kier alpha value is -4.59. The molecule has 3 aromatic carbocycles. The minimum Gasteiger partial charge on any atom is -0.446 e. The van der Waals surface area contributed by atoms with Crippen LogP contribution in [0, 0.1) is 10.1 Å². The molecule has 0 aliphatic carbocycles. The highest BCUT2D eigenvalue weighted by atomic mass is 16.6. The Bertz CT molecular complexity index is 1420. The van der Waals surface area contributed by atoms with Gasteiger partial charge in [0.25, 0.3) is 5.69 Å². The van der Waals surface area contributed by atoms with Gasteiger partial charge in [0.2, 0.25) is 18.0 Å². The standard InChI is InChI=1S/C25H18N4O4/c1-16(30)28-25(33-24(27-28)18-10-7-11-19(14-18)29(31)32)21-15-23(17-8-3-2-4-9-17)26-22-13-6-5-12-20(21)22/h2-15,25H,1H3/t25-/m1/s1. The number of benzene rings is 3. The number of aromatic nitrogens is 1. The first-order valence-electron chi connectivity index (χ1n) is 10.3. The molecule has 162 valence electrons. The van der Waals surface area contributed by atoms with Crippen molar-refractivity contribution in [3.63, 3.8) is 0 Å². The van der Waals surface area contributed by atoms with Crippen molar-refractivity contribution in [2.75, 3.05) is 0 Å². The van der Waals surface area contributed by atoms with Gasteiger partial charge in [-0.25, -0.2) is 4.98 Å². The first-order valence-corrected chi connectivity index (χ1v) is 10.3. The quantitative estimate of drug-likeness (QED) is 0.328. The van der Waals surface area contributed by atoms with Crippen LogP contribution in [0.15, 0.2) is 90.0 Å². The summed E-state index contributed by atoms with van der Waals surface area (Å²) in [6.45, 7) is 1.40. The van der Waals surface area contributed by atoms with Gasteiger partial charge in [-0.05, 0) is 18.2 Å². The Morgan fingerprint density at radius 2 is 1.70 bits per heavy atom. The zero-order valence-electron chi connectivity index (χ0n) is 17.6. The fourth-order valence-corrected chi connectivity index (χ4v) is 3.80. The van der Waals surface area contributed by atoms with Crippen molar-refractivity contribution < 1.29 is 14.5 Å². The molecule has 1 atom stereocenters. The number of non-ortho nitro benzene ring substituents is 1. The third-order valence-electron chi connectivity index (χ3n) is 5.35. The number of hydrogen-bond acceptors (Lipinski definition) is 6. The Kier molecular flexibility index (Phi) is 5.02. The lowest BCUT2D eigenvalue weighted by Gasteiger charge is -2.21. The fraction of sp³-hybridized carbons (Fsp3) is 0.0800. The molecule has 0 radical (unpaired) electrons. The Morgan fingerprint density at radius 3 is 2.45 bits per heavy atom. The van der Waals surface area contributed by atoms with Crippen LogP contribution < -0.4 is 0 Å². The summed E-state index contributed by atoms with van der Waals surface area (Å²) in [7, 11) is 0. The van der Waals surface area contributed by atoms with E-state index in [4.69, 9.17) is 9.72 Å². The minimum atomic E-state index is -0.841. The zero-order chi connectivity index (χ0) is 22.9. The molecule has 1 aromatic heterocycles. The molecule has 4 aromatic rings. The largest absolute Gasteiger partial charge is 0.446 e. The van der Waals surface area contributed by atoms with Crippen molar-refractivity contribution in [3.05, 3.63) is 106 Å². The summed E-state index contributed by atoms with van der Waals surface area (Å²) < 4.78 is 6.15. The van der Waals surface area contributed by atoms with Gasteiger partial charge in [-0.15, -0.1) is 5.10 Å². The van der Waals surface area contributed by atoms with E-state index in [9.17, 15) is 14.9 Å². The van der Waals surface area contributed by atoms with Gasteiger partial charge in [-0.1, -0.05) is 54.6 Å². The number of amides is 1. The average molecular weight is 438 g/mol. The van der Waals surface area contributed by atoms with Crippen molar-refractivity contribution in [1.82, 2.24) is 9.99 Å². The first kappa shape index (κ1) is 20.3. The lowest BCUT2D eigenvalue weighted by Crippen LogP contribution is -2.25. The van der Waals surface area contributed by atoms with Gasteiger partial charge in [-0.3, -0.25) is 14.9 Å². The van der Waals surface area contributed by atoms with Gasteiger partial charge < -0.3 is 4.74 Å². The summed E-state index contributed by atoms with van der Waals surface area (Å²) in [5.41, 5.74) is 3.47. The number of hydrazone groups is 1. The zero-order valence-corrected chi connectivity index (χ0v) is 17.6. The lowest BCUT2D eigenvalue weighted by atomic mass is 10.0. The lowest BCUT2D eigenvalue weighted by molar-refractivity contribution is -0.384. The predicted octanol–water partition coefficient (Wildman–Crippen LogP) is 5.05. The van der Waals surface area contributed by atoms with E-state index in [1.165, 1.54) is 24.1 Å². The molecule has 0 fully saturated rings. The van der Waals surface area contributed by atoms with Gasteiger partial charge in [0, 0.05) is 41.1 Å². The highest BCUT2D eigenvalue weighted by molar-refractivity contribution is 5.97.